The van der Waals surface area contributed by atoms with Gasteiger partial charge in [-0.1, -0.05) is 0 Å². The average Bonchev–Trinajstić information content (AvgIpc) is 2.14. The summed E-state index contributed by atoms with van der Waals surface area (Å²) in [5, 5.41) is 32.6. The molecule has 10 nitrogen and oxygen atoms in total. The van der Waals surface area contributed by atoms with E-state index < -0.39 is 23.9 Å². The number of carboxylic acid groups (broad SMARTS) is 4. The molecule has 0 radical (unpaired) electrons. The number of aliphatic carboxylic acids is 4. The summed E-state index contributed by atoms with van der Waals surface area (Å²) in [4.78, 5) is 36.0. The molecule has 7 N–H and O–H groups in total. The van der Waals surface area contributed by atoms with Gasteiger partial charge in [0.2, 0.25) is 0 Å². The van der Waals surface area contributed by atoms with Crippen LogP contribution >= 0.6 is 0 Å². The fourth-order valence-electron chi connectivity index (χ4n) is 0.144. The van der Waals surface area contributed by atoms with E-state index in [2.05, 4.69) is 5.32 Å². The number of carboxylic acids is 4. The summed E-state index contributed by atoms with van der Waals surface area (Å²) < 4.78 is 0. The smallest absolute Gasteiger partial charge is 0.300 e. The molecule has 0 aliphatic carbocycles. The Morgan fingerprint density at radius 3 is 0.905 bits per heavy atom. The lowest BCUT2D eigenvalue weighted by molar-refractivity contribution is -0.135. The van der Waals surface area contributed by atoms with Gasteiger partial charge in [0.1, 0.15) is 0 Å². The van der Waals surface area contributed by atoms with Crippen molar-refractivity contribution in [3.63, 3.8) is 0 Å². The van der Waals surface area contributed by atoms with Crippen molar-refractivity contribution in [2.45, 2.75) is 27.7 Å². The molecule has 10 heteroatoms. The molecule has 0 aromatic heterocycles. The Morgan fingerprint density at radius 2 is 0.905 bits per heavy atom. The highest BCUT2D eigenvalue weighted by Crippen LogP contribution is 1.43. The Morgan fingerprint density at radius 1 is 0.762 bits per heavy atom. The summed E-state index contributed by atoms with van der Waals surface area (Å²) in [5.41, 5.74) is 5.08. The van der Waals surface area contributed by atoms with E-state index in [0.29, 0.717) is 0 Å². The highest BCUT2D eigenvalue weighted by molar-refractivity contribution is 5.63. The Hall–Kier alpha value is -2.20. The molecule has 0 saturated carbocycles. The second-order valence-electron chi connectivity index (χ2n) is 2.97. The lowest BCUT2D eigenvalue weighted by Crippen LogP contribution is -2.17. The summed E-state index contributed by atoms with van der Waals surface area (Å²) in [7, 11) is 1.88. The van der Waals surface area contributed by atoms with Gasteiger partial charge in [-0.3, -0.25) is 19.2 Å². The van der Waals surface area contributed by atoms with Gasteiger partial charge in [0, 0.05) is 40.8 Å². The van der Waals surface area contributed by atoms with Crippen molar-refractivity contribution in [2.24, 2.45) is 5.73 Å². The van der Waals surface area contributed by atoms with Crippen LogP contribution in [0.4, 0.5) is 0 Å². The maximum Gasteiger partial charge on any atom is 0.300 e. The Bertz CT molecular complexity index is 203. The molecule has 0 rings (SSSR count). The first-order valence-corrected chi connectivity index (χ1v) is 5.47. The number of nitrogens with one attached hydrogen (secondary N) is 1. The third kappa shape index (κ3) is 111000. The van der Waals surface area contributed by atoms with E-state index in [9.17, 15) is 0 Å². The summed E-state index contributed by atoms with van der Waals surface area (Å²) in [6, 6.07) is 0. The monoisotopic (exact) mass is 314 g/mol. The lowest BCUT2D eigenvalue weighted by atomic mass is 10.7. The minimum Gasteiger partial charge on any atom is -0.481 e. The second-order valence-corrected chi connectivity index (χ2v) is 2.97. The van der Waals surface area contributed by atoms with Crippen molar-refractivity contribution in [3.05, 3.63) is 0 Å². The largest absolute Gasteiger partial charge is 0.481 e. The predicted octanol–water partition coefficient (Wildman–Crippen LogP) is -0.472. The third-order valence-corrected chi connectivity index (χ3v) is 0.394. The first-order valence-electron chi connectivity index (χ1n) is 5.47. The van der Waals surface area contributed by atoms with Crippen molar-refractivity contribution in [1.29, 1.82) is 0 Å². The first kappa shape index (κ1) is 31.3. The Balaban J connectivity index is -0.0000000510. The van der Waals surface area contributed by atoms with Crippen LogP contribution in [-0.2, 0) is 19.2 Å². The fraction of sp³-hybridized carbons (Fsp3) is 0.636. The Labute approximate surface area is 123 Å². The highest BCUT2D eigenvalue weighted by atomic mass is 16.4. The molecular formula is C11H26N2O8. The van der Waals surface area contributed by atoms with Crippen LogP contribution in [0.3, 0.4) is 0 Å². The van der Waals surface area contributed by atoms with E-state index >= 15 is 0 Å². The molecule has 0 unspecified atom stereocenters. The molecule has 0 saturated heterocycles. The summed E-state index contributed by atoms with van der Waals surface area (Å²) in [6.07, 6.45) is 0. The summed E-state index contributed by atoms with van der Waals surface area (Å²) >= 11 is 0. The number of likely N-dealkylation sites (N-methyl/N-ethyl adjacent to an activating group) is 1. The topological polar surface area (TPSA) is 187 Å². The van der Waals surface area contributed by atoms with Gasteiger partial charge in [-0.2, -0.15) is 0 Å². The minimum absolute atomic E-state index is 0.733. The molecular weight excluding hydrogens is 288 g/mol. The van der Waals surface area contributed by atoms with Gasteiger partial charge in [0.25, 0.3) is 23.9 Å². The van der Waals surface area contributed by atoms with Crippen LogP contribution in [0.2, 0.25) is 0 Å². The van der Waals surface area contributed by atoms with Crippen LogP contribution in [0.25, 0.3) is 0 Å². The van der Waals surface area contributed by atoms with Crippen LogP contribution in [0.1, 0.15) is 27.7 Å². The van der Waals surface area contributed by atoms with Gasteiger partial charge in [-0.25, -0.2) is 0 Å². The molecule has 0 heterocycles. The normalized spacial score (nSPS) is 6.76. The average molecular weight is 314 g/mol. The van der Waals surface area contributed by atoms with Crippen molar-refractivity contribution in [1.82, 2.24) is 5.32 Å². The van der Waals surface area contributed by atoms with E-state index in [0.717, 1.165) is 40.8 Å². The molecule has 0 spiro atoms. The van der Waals surface area contributed by atoms with E-state index in [1.165, 1.54) is 0 Å². The highest BCUT2D eigenvalue weighted by Gasteiger charge is 1.66. The van der Waals surface area contributed by atoms with Crippen LogP contribution in [0.15, 0.2) is 0 Å². The van der Waals surface area contributed by atoms with Crippen molar-refractivity contribution < 1.29 is 39.6 Å². The number of nitrogens with two attached hydrogens (primary N) is 1. The van der Waals surface area contributed by atoms with Gasteiger partial charge in [-0.05, 0) is 7.05 Å². The molecule has 0 bridgehead atoms. The van der Waals surface area contributed by atoms with Crippen LogP contribution in [0.5, 0.6) is 0 Å². The van der Waals surface area contributed by atoms with Gasteiger partial charge in [0.15, 0.2) is 0 Å². The SMILES string of the molecule is CC(=O)O.CC(=O)O.CC(=O)O.CC(=O)O.CNCCN. The number of hydrogen-bond donors (Lipinski definition) is 6. The van der Waals surface area contributed by atoms with Crippen LogP contribution in [0, 0.1) is 0 Å². The van der Waals surface area contributed by atoms with Gasteiger partial charge in [-0.15, -0.1) is 0 Å². The van der Waals surface area contributed by atoms with Gasteiger partial charge >= 0.3 is 0 Å². The molecule has 0 aliphatic rings. The molecule has 21 heavy (non-hydrogen) atoms. The number of carbonyl (C=O) groups is 4. The van der Waals surface area contributed by atoms with Crippen molar-refractivity contribution in [3.8, 4) is 0 Å². The number of rotatable bonds is 2. The first-order chi connectivity index (χ1) is 9.34. The zero-order valence-corrected chi connectivity index (χ0v) is 12.9. The van der Waals surface area contributed by atoms with Crippen molar-refractivity contribution >= 4 is 23.9 Å². The van der Waals surface area contributed by atoms with Gasteiger partial charge < -0.3 is 31.5 Å². The van der Waals surface area contributed by atoms with Crippen LogP contribution < -0.4 is 11.1 Å². The maximum atomic E-state index is 9.00. The molecule has 0 aliphatic heterocycles. The van der Waals surface area contributed by atoms with E-state index in [-0.39, 0.29) is 0 Å². The zero-order chi connectivity index (χ0) is 18.4. The predicted molar refractivity (Wildman–Crippen MR) is 76.2 cm³/mol. The lowest BCUT2D eigenvalue weighted by Gasteiger charge is -1.85. The number of hydrogen-bond acceptors (Lipinski definition) is 6. The molecule has 0 aromatic carbocycles. The second kappa shape index (κ2) is 30.7. The van der Waals surface area contributed by atoms with Gasteiger partial charge in [0.05, 0.1) is 0 Å². The molecule has 0 amide bonds. The minimum atomic E-state index is -0.833. The quantitative estimate of drug-likeness (QED) is 0.388. The van der Waals surface area contributed by atoms with Crippen LogP contribution in [-0.4, -0.2) is 64.4 Å². The molecule has 0 atom stereocenters. The summed E-state index contributed by atoms with van der Waals surface area (Å²) in [6.45, 7) is 5.98. The third-order valence-electron chi connectivity index (χ3n) is 0.394. The Kier molecular flexibility index (Phi) is 45.7. The fourth-order valence-corrected chi connectivity index (χ4v) is 0.144. The van der Waals surface area contributed by atoms with E-state index in [1.807, 2.05) is 7.05 Å². The standard InChI is InChI=1S/C3H10N2.4C2H4O2/c1-5-3-2-4;4*1-2(3)4/h5H,2-4H2,1H3;4*1H3,(H,3,4). The van der Waals surface area contributed by atoms with E-state index in [4.69, 9.17) is 45.3 Å². The summed E-state index contributed by atoms with van der Waals surface area (Å²) in [5.74, 6) is -3.33. The molecule has 128 valence electrons. The maximum absolute atomic E-state index is 9.00. The molecule has 0 aromatic rings. The van der Waals surface area contributed by atoms with Crippen molar-refractivity contribution in [2.75, 3.05) is 20.1 Å². The van der Waals surface area contributed by atoms with E-state index in [1.54, 1.807) is 0 Å². The zero-order valence-electron chi connectivity index (χ0n) is 12.9. The molecule has 0 fully saturated rings.